The standard InChI is InChI=1S/C11H14FN3O2/c1-7(10(13)15-17)6-14-11(16)8-4-2-3-5-9(8)12/h2-5,7,17H,6H2,1H3,(H2,13,15)(H,14,16). The van der Waals surface area contributed by atoms with Gasteiger partial charge in [0, 0.05) is 12.5 Å². The monoisotopic (exact) mass is 239 g/mol. The quantitative estimate of drug-likeness (QED) is 0.316. The van der Waals surface area contributed by atoms with Crippen LogP contribution < -0.4 is 11.1 Å². The van der Waals surface area contributed by atoms with Crippen molar-refractivity contribution in [3.8, 4) is 0 Å². The van der Waals surface area contributed by atoms with Crippen LogP contribution in [0.3, 0.4) is 0 Å². The Bertz CT molecular complexity index is 434. The van der Waals surface area contributed by atoms with E-state index < -0.39 is 11.7 Å². The Morgan fingerprint density at radius 1 is 1.59 bits per heavy atom. The van der Waals surface area contributed by atoms with Crippen LogP contribution in [0.5, 0.6) is 0 Å². The third-order valence-electron chi connectivity index (χ3n) is 2.31. The molecule has 1 unspecified atom stereocenters. The van der Waals surface area contributed by atoms with E-state index in [1.165, 1.54) is 18.2 Å². The number of nitrogens with zero attached hydrogens (tertiary/aromatic N) is 1. The molecule has 1 atom stereocenters. The Labute approximate surface area is 98.1 Å². The second-order valence-corrected chi connectivity index (χ2v) is 3.62. The lowest BCUT2D eigenvalue weighted by Crippen LogP contribution is -2.35. The highest BCUT2D eigenvalue weighted by atomic mass is 19.1. The van der Waals surface area contributed by atoms with E-state index in [-0.39, 0.29) is 23.9 Å². The molecule has 6 heteroatoms. The molecule has 0 saturated heterocycles. The molecule has 92 valence electrons. The first-order valence-electron chi connectivity index (χ1n) is 5.06. The number of benzene rings is 1. The topological polar surface area (TPSA) is 87.7 Å². The maximum Gasteiger partial charge on any atom is 0.254 e. The number of halogens is 1. The van der Waals surface area contributed by atoms with Gasteiger partial charge in [0.25, 0.3) is 5.91 Å². The van der Waals surface area contributed by atoms with Gasteiger partial charge in [-0.15, -0.1) is 0 Å². The van der Waals surface area contributed by atoms with Crippen molar-refractivity contribution in [2.24, 2.45) is 16.8 Å². The molecule has 1 aromatic rings. The normalized spacial score (nSPS) is 13.2. The minimum absolute atomic E-state index is 0.0128. The van der Waals surface area contributed by atoms with Gasteiger partial charge < -0.3 is 16.3 Å². The summed E-state index contributed by atoms with van der Waals surface area (Å²) in [5.74, 6) is -1.42. The average molecular weight is 239 g/mol. The second-order valence-electron chi connectivity index (χ2n) is 3.62. The minimum atomic E-state index is -0.582. The zero-order chi connectivity index (χ0) is 12.8. The summed E-state index contributed by atoms with van der Waals surface area (Å²) in [4.78, 5) is 11.6. The number of nitrogens with two attached hydrogens (primary N) is 1. The number of amidine groups is 1. The summed E-state index contributed by atoms with van der Waals surface area (Å²) in [6.07, 6.45) is 0. The van der Waals surface area contributed by atoms with E-state index in [0.717, 1.165) is 0 Å². The molecule has 0 saturated carbocycles. The average Bonchev–Trinajstić information content (AvgIpc) is 2.35. The van der Waals surface area contributed by atoms with Gasteiger partial charge in [0.05, 0.1) is 5.56 Å². The van der Waals surface area contributed by atoms with Crippen molar-refractivity contribution in [2.75, 3.05) is 6.54 Å². The predicted molar refractivity (Wildman–Crippen MR) is 61.3 cm³/mol. The third-order valence-corrected chi connectivity index (χ3v) is 2.31. The van der Waals surface area contributed by atoms with E-state index >= 15 is 0 Å². The lowest BCUT2D eigenvalue weighted by Gasteiger charge is -2.11. The zero-order valence-electron chi connectivity index (χ0n) is 9.35. The van der Waals surface area contributed by atoms with Crippen molar-refractivity contribution < 1.29 is 14.4 Å². The number of carbonyl (C=O) groups excluding carboxylic acids is 1. The van der Waals surface area contributed by atoms with Crippen molar-refractivity contribution in [3.63, 3.8) is 0 Å². The Hall–Kier alpha value is -2.11. The van der Waals surface area contributed by atoms with Crippen LogP contribution in [0.4, 0.5) is 4.39 Å². The Morgan fingerprint density at radius 2 is 2.24 bits per heavy atom. The summed E-state index contributed by atoms with van der Waals surface area (Å²) >= 11 is 0. The largest absolute Gasteiger partial charge is 0.409 e. The Balaban J connectivity index is 2.60. The van der Waals surface area contributed by atoms with Gasteiger partial charge in [0.15, 0.2) is 0 Å². The van der Waals surface area contributed by atoms with Gasteiger partial charge in [-0.25, -0.2) is 4.39 Å². The van der Waals surface area contributed by atoms with Crippen molar-refractivity contribution in [1.29, 1.82) is 0 Å². The molecule has 0 radical (unpaired) electrons. The fourth-order valence-electron chi connectivity index (χ4n) is 1.19. The Kier molecular flexibility index (Phi) is 4.45. The van der Waals surface area contributed by atoms with E-state index in [9.17, 15) is 9.18 Å². The molecule has 5 nitrogen and oxygen atoms in total. The van der Waals surface area contributed by atoms with Crippen molar-refractivity contribution in [2.45, 2.75) is 6.92 Å². The number of nitrogens with one attached hydrogen (secondary N) is 1. The number of hydrogen-bond donors (Lipinski definition) is 3. The van der Waals surface area contributed by atoms with Crippen molar-refractivity contribution in [3.05, 3.63) is 35.6 Å². The van der Waals surface area contributed by atoms with E-state index in [4.69, 9.17) is 10.9 Å². The van der Waals surface area contributed by atoms with Crippen molar-refractivity contribution >= 4 is 11.7 Å². The predicted octanol–water partition coefficient (Wildman–Crippen LogP) is 0.938. The fraction of sp³-hybridized carbons (Fsp3) is 0.273. The fourth-order valence-corrected chi connectivity index (χ4v) is 1.19. The second kappa shape index (κ2) is 5.83. The first-order valence-corrected chi connectivity index (χ1v) is 5.06. The van der Waals surface area contributed by atoms with Crippen LogP contribution in [0.2, 0.25) is 0 Å². The molecule has 1 rings (SSSR count). The van der Waals surface area contributed by atoms with Gasteiger partial charge in [-0.3, -0.25) is 4.79 Å². The first kappa shape index (κ1) is 13.0. The molecular formula is C11H14FN3O2. The first-order chi connectivity index (χ1) is 8.06. The van der Waals surface area contributed by atoms with Gasteiger partial charge in [0.1, 0.15) is 11.7 Å². The van der Waals surface area contributed by atoms with E-state index in [2.05, 4.69) is 10.5 Å². The number of hydrogen-bond acceptors (Lipinski definition) is 3. The van der Waals surface area contributed by atoms with Crippen LogP contribution >= 0.6 is 0 Å². The van der Waals surface area contributed by atoms with E-state index in [1.807, 2.05) is 0 Å². The SMILES string of the molecule is CC(CNC(=O)c1ccccc1F)C(N)=NO. The highest BCUT2D eigenvalue weighted by Crippen LogP contribution is 2.06. The Morgan fingerprint density at radius 3 is 2.82 bits per heavy atom. The van der Waals surface area contributed by atoms with Crippen molar-refractivity contribution in [1.82, 2.24) is 5.32 Å². The van der Waals surface area contributed by atoms with Crippen LogP contribution in [-0.2, 0) is 0 Å². The molecule has 0 spiro atoms. The van der Waals surface area contributed by atoms with Crippen LogP contribution in [-0.4, -0.2) is 23.5 Å². The molecule has 1 amide bonds. The maximum atomic E-state index is 13.2. The van der Waals surface area contributed by atoms with Gasteiger partial charge in [-0.1, -0.05) is 24.2 Å². The van der Waals surface area contributed by atoms with E-state index in [1.54, 1.807) is 13.0 Å². The molecule has 4 N–H and O–H groups in total. The maximum absolute atomic E-state index is 13.2. The molecule has 17 heavy (non-hydrogen) atoms. The van der Waals surface area contributed by atoms with E-state index in [0.29, 0.717) is 0 Å². The molecule has 0 heterocycles. The molecule has 1 aromatic carbocycles. The molecule has 0 fully saturated rings. The lowest BCUT2D eigenvalue weighted by molar-refractivity contribution is 0.0947. The molecule has 0 aromatic heterocycles. The summed E-state index contributed by atoms with van der Waals surface area (Å²) in [5.41, 5.74) is 5.32. The van der Waals surface area contributed by atoms with Crippen LogP contribution in [0.1, 0.15) is 17.3 Å². The zero-order valence-corrected chi connectivity index (χ0v) is 9.35. The summed E-state index contributed by atoms with van der Waals surface area (Å²) < 4.78 is 13.2. The summed E-state index contributed by atoms with van der Waals surface area (Å²) in [6, 6.07) is 5.68. The minimum Gasteiger partial charge on any atom is -0.409 e. The number of oxime groups is 1. The number of amides is 1. The van der Waals surface area contributed by atoms with Crippen LogP contribution in [0, 0.1) is 11.7 Å². The molecule has 0 aliphatic carbocycles. The molecule has 0 aliphatic rings. The highest BCUT2D eigenvalue weighted by molar-refractivity contribution is 5.94. The molecule has 0 aliphatic heterocycles. The third kappa shape index (κ3) is 3.44. The van der Waals surface area contributed by atoms with Gasteiger partial charge in [0.2, 0.25) is 0 Å². The van der Waals surface area contributed by atoms with Crippen LogP contribution in [0.15, 0.2) is 29.4 Å². The smallest absolute Gasteiger partial charge is 0.254 e. The van der Waals surface area contributed by atoms with Gasteiger partial charge in [-0.2, -0.15) is 0 Å². The summed E-state index contributed by atoms with van der Waals surface area (Å²) in [6.45, 7) is 1.85. The number of carbonyl (C=O) groups is 1. The highest BCUT2D eigenvalue weighted by Gasteiger charge is 2.13. The summed E-state index contributed by atoms with van der Waals surface area (Å²) in [7, 11) is 0. The van der Waals surface area contributed by atoms with Crippen LogP contribution in [0.25, 0.3) is 0 Å². The lowest BCUT2D eigenvalue weighted by atomic mass is 10.1. The molecule has 0 bridgehead atoms. The summed E-state index contributed by atoms with van der Waals surface area (Å²) in [5, 5.41) is 13.8. The van der Waals surface area contributed by atoms with Gasteiger partial charge in [-0.05, 0) is 12.1 Å². The number of rotatable bonds is 4. The molecular weight excluding hydrogens is 225 g/mol. The van der Waals surface area contributed by atoms with Gasteiger partial charge >= 0.3 is 0 Å².